The number of likely N-dealkylation sites (tertiary alicyclic amines) is 1. The Bertz CT molecular complexity index is 929. The van der Waals surface area contributed by atoms with Crippen molar-refractivity contribution in [3.05, 3.63) is 59.4 Å². The van der Waals surface area contributed by atoms with Crippen LogP contribution in [-0.2, 0) is 4.79 Å². The number of benzene rings is 2. The standard InChI is InChI=1S/C22H23F3N2O4/c1-2-30-15-3-5-16(6-4-15)31-13-19(28)27-11-9-14(10-12-27)26-22(29)17-7-8-18(23)21(25)20(17)24/h3-8,14H,2,9-13H2,1H3,(H,26,29). The maximum absolute atomic E-state index is 13.8. The second kappa shape index (κ2) is 10.2. The van der Waals surface area contributed by atoms with E-state index in [0.717, 1.165) is 6.07 Å². The Kier molecular flexibility index (Phi) is 7.38. The van der Waals surface area contributed by atoms with E-state index >= 15 is 0 Å². The van der Waals surface area contributed by atoms with Crippen LogP contribution in [-0.4, -0.2) is 49.1 Å². The van der Waals surface area contributed by atoms with E-state index in [0.29, 0.717) is 50.1 Å². The first-order chi connectivity index (χ1) is 14.9. The van der Waals surface area contributed by atoms with Gasteiger partial charge < -0.3 is 19.7 Å². The van der Waals surface area contributed by atoms with Gasteiger partial charge in [-0.1, -0.05) is 0 Å². The maximum atomic E-state index is 13.8. The Balaban J connectivity index is 1.45. The van der Waals surface area contributed by atoms with Crippen LogP contribution in [0.3, 0.4) is 0 Å². The molecule has 0 atom stereocenters. The summed E-state index contributed by atoms with van der Waals surface area (Å²) in [5.74, 6) is -4.29. The van der Waals surface area contributed by atoms with Gasteiger partial charge in [-0.3, -0.25) is 9.59 Å². The normalized spacial score (nSPS) is 14.3. The summed E-state index contributed by atoms with van der Waals surface area (Å²) in [6.45, 7) is 3.10. The van der Waals surface area contributed by atoms with E-state index in [1.807, 2.05) is 6.92 Å². The molecule has 0 aliphatic carbocycles. The van der Waals surface area contributed by atoms with E-state index < -0.39 is 28.9 Å². The topological polar surface area (TPSA) is 67.9 Å². The zero-order chi connectivity index (χ0) is 22.4. The summed E-state index contributed by atoms with van der Waals surface area (Å²) in [7, 11) is 0. The average Bonchev–Trinajstić information content (AvgIpc) is 2.77. The lowest BCUT2D eigenvalue weighted by Gasteiger charge is -2.32. The van der Waals surface area contributed by atoms with Crippen LogP contribution in [0.25, 0.3) is 0 Å². The number of hydrogen-bond donors (Lipinski definition) is 1. The van der Waals surface area contributed by atoms with Gasteiger partial charge in [0.2, 0.25) is 0 Å². The Morgan fingerprint density at radius 3 is 2.19 bits per heavy atom. The SMILES string of the molecule is CCOc1ccc(OCC(=O)N2CCC(NC(=O)c3ccc(F)c(F)c3F)CC2)cc1. The Morgan fingerprint density at radius 2 is 1.58 bits per heavy atom. The van der Waals surface area contributed by atoms with Crippen LogP contribution in [0, 0.1) is 17.5 Å². The third kappa shape index (κ3) is 5.68. The molecule has 166 valence electrons. The lowest BCUT2D eigenvalue weighted by molar-refractivity contribution is -0.134. The van der Waals surface area contributed by atoms with Gasteiger partial charge in [0.05, 0.1) is 12.2 Å². The molecule has 6 nitrogen and oxygen atoms in total. The van der Waals surface area contributed by atoms with Gasteiger partial charge in [0.25, 0.3) is 11.8 Å². The number of ether oxygens (including phenoxy) is 2. The highest BCUT2D eigenvalue weighted by atomic mass is 19.2. The van der Waals surface area contributed by atoms with E-state index in [9.17, 15) is 22.8 Å². The molecular formula is C22H23F3N2O4. The summed E-state index contributed by atoms with van der Waals surface area (Å²) in [5.41, 5.74) is -0.554. The minimum atomic E-state index is -1.68. The summed E-state index contributed by atoms with van der Waals surface area (Å²) in [6, 6.07) is 8.25. The van der Waals surface area contributed by atoms with Crippen molar-refractivity contribution in [3.63, 3.8) is 0 Å². The smallest absolute Gasteiger partial charge is 0.260 e. The number of carbonyl (C=O) groups excluding carboxylic acids is 2. The van der Waals surface area contributed by atoms with Crippen LogP contribution < -0.4 is 14.8 Å². The highest BCUT2D eigenvalue weighted by Crippen LogP contribution is 2.19. The van der Waals surface area contributed by atoms with E-state index in [1.165, 1.54) is 0 Å². The molecule has 0 unspecified atom stereocenters. The summed E-state index contributed by atoms with van der Waals surface area (Å²) in [6.07, 6.45) is 0.900. The number of carbonyl (C=O) groups is 2. The summed E-state index contributed by atoms with van der Waals surface area (Å²) in [5, 5.41) is 2.61. The van der Waals surface area contributed by atoms with Gasteiger partial charge in [0.1, 0.15) is 11.5 Å². The minimum Gasteiger partial charge on any atom is -0.494 e. The first-order valence-corrected chi connectivity index (χ1v) is 9.96. The predicted octanol–water partition coefficient (Wildman–Crippen LogP) is 3.30. The molecule has 0 bridgehead atoms. The van der Waals surface area contributed by atoms with Gasteiger partial charge in [-0.2, -0.15) is 0 Å². The Morgan fingerprint density at radius 1 is 0.968 bits per heavy atom. The lowest BCUT2D eigenvalue weighted by atomic mass is 10.0. The molecule has 2 amide bonds. The number of nitrogens with one attached hydrogen (secondary N) is 1. The molecule has 31 heavy (non-hydrogen) atoms. The molecule has 0 saturated carbocycles. The zero-order valence-corrected chi connectivity index (χ0v) is 17.0. The molecule has 1 fully saturated rings. The van der Waals surface area contributed by atoms with Gasteiger partial charge in [0, 0.05) is 19.1 Å². The van der Waals surface area contributed by atoms with E-state index in [4.69, 9.17) is 9.47 Å². The minimum absolute atomic E-state index is 0.120. The second-order valence-corrected chi connectivity index (χ2v) is 7.04. The average molecular weight is 436 g/mol. The van der Waals surface area contributed by atoms with Gasteiger partial charge in [0.15, 0.2) is 24.1 Å². The summed E-state index contributed by atoms with van der Waals surface area (Å²) < 4.78 is 51.0. The molecule has 1 saturated heterocycles. The third-order valence-electron chi connectivity index (χ3n) is 4.96. The van der Waals surface area contributed by atoms with E-state index in [-0.39, 0.29) is 18.6 Å². The first-order valence-electron chi connectivity index (χ1n) is 9.96. The van der Waals surface area contributed by atoms with Gasteiger partial charge in [-0.05, 0) is 56.2 Å². The monoisotopic (exact) mass is 436 g/mol. The van der Waals surface area contributed by atoms with E-state index in [2.05, 4.69) is 5.32 Å². The molecule has 2 aromatic carbocycles. The molecule has 0 spiro atoms. The van der Waals surface area contributed by atoms with Crippen molar-refractivity contribution in [2.45, 2.75) is 25.8 Å². The molecule has 1 heterocycles. The lowest BCUT2D eigenvalue weighted by Crippen LogP contribution is -2.47. The number of amides is 2. The fourth-order valence-electron chi connectivity index (χ4n) is 3.27. The van der Waals surface area contributed by atoms with Gasteiger partial charge in [-0.25, -0.2) is 13.2 Å². The van der Waals surface area contributed by atoms with Crippen molar-refractivity contribution in [3.8, 4) is 11.5 Å². The molecule has 1 aliphatic rings. The number of piperidine rings is 1. The molecule has 1 N–H and O–H groups in total. The molecule has 3 rings (SSSR count). The summed E-state index contributed by atoms with van der Waals surface area (Å²) in [4.78, 5) is 26.2. The van der Waals surface area contributed by atoms with Gasteiger partial charge >= 0.3 is 0 Å². The first kappa shape index (κ1) is 22.5. The molecule has 2 aromatic rings. The highest BCUT2D eigenvalue weighted by Gasteiger charge is 2.26. The molecule has 0 aromatic heterocycles. The van der Waals surface area contributed by atoms with Crippen molar-refractivity contribution in [1.82, 2.24) is 10.2 Å². The van der Waals surface area contributed by atoms with E-state index in [1.54, 1.807) is 29.2 Å². The fraction of sp³-hybridized carbons (Fsp3) is 0.364. The van der Waals surface area contributed by atoms with Crippen LogP contribution in [0.1, 0.15) is 30.1 Å². The van der Waals surface area contributed by atoms with Crippen LogP contribution in [0.15, 0.2) is 36.4 Å². The van der Waals surface area contributed by atoms with Crippen LogP contribution in [0.2, 0.25) is 0 Å². The van der Waals surface area contributed by atoms with Crippen molar-refractivity contribution >= 4 is 11.8 Å². The Hall–Kier alpha value is -3.23. The number of rotatable bonds is 7. The largest absolute Gasteiger partial charge is 0.494 e. The number of halogens is 3. The van der Waals surface area contributed by atoms with Crippen molar-refractivity contribution in [1.29, 1.82) is 0 Å². The molecule has 1 aliphatic heterocycles. The van der Waals surface area contributed by atoms with Crippen molar-refractivity contribution in [2.75, 3.05) is 26.3 Å². The van der Waals surface area contributed by atoms with Crippen LogP contribution in [0.5, 0.6) is 11.5 Å². The second-order valence-electron chi connectivity index (χ2n) is 7.04. The zero-order valence-electron chi connectivity index (χ0n) is 17.0. The third-order valence-corrected chi connectivity index (χ3v) is 4.96. The summed E-state index contributed by atoms with van der Waals surface area (Å²) >= 11 is 0. The Labute approximate surface area is 177 Å². The maximum Gasteiger partial charge on any atom is 0.260 e. The van der Waals surface area contributed by atoms with Crippen LogP contribution >= 0.6 is 0 Å². The van der Waals surface area contributed by atoms with Gasteiger partial charge in [-0.15, -0.1) is 0 Å². The highest BCUT2D eigenvalue weighted by molar-refractivity contribution is 5.94. The van der Waals surface area contributed by atoms with Crippen molar-refractivity contribution in [2.24, 2.45) is 0 Å². The molecule has 0 radical (unpaired) electrons. The molecule has 9 heteroatoms. The molecular weight excluding hydrogens is 413 g/mol. The number of hydrogen-bond acceptors (Lipinski definition) is 4. The number of nitrogens with zero attached hydrogens (tertiary/aromatic N) is 1. The fourth-order valence-corrected chi connectivity index (χ4v) is 3.27. The quantitative estimate of drug-likeness (QED) is 0.677. The van der Waals surface area contributed by atoms with Crippen molar-refractivity contribution < 1.29 is 32.2 Å². The predicted molar refractivity (Wildman–Crippen MR) is 106 cm³/mol. The van der Waals surface area contributed by atoms with Crippen LogP contribution in [0.4, 0.5) is 13.2 Å².